The molecule has 0 spiro atoms. The van der Waals surface area contributed by atoms with E-state index < -0.39 is 0 Å². The van der Waals surface area contributed by atoms with Gasteiger partial charge in [-0.25, -0.2) is 0 Å². The number of ether oxygens (including phenoxy) is 1. The van der Waals surface area contributed by atoms with Crippen LogP contribution in [-0.2, 0) is 6.61 Å². The van der Waals surface area contributed by atoms with Crippen molar-refractivity contribution < 1.29 is 9.26 Å². The van der Waals surface area contributed by atoms with Crippen LogP contribution in [0, 0.1) is 18.3 Å². The smallest absolute Gasteiger partial charge is 0.223 e. The summed E-state index contributed by atoms with van der Waals surface area (Å²) < 4.78 is 10.5. The molecule has 0 bridgehead atoms. The predicted octanol–water partition coefficient (Wildman–Crippen LogP) is 3.39. The molecule has 3 aromatic rings. The van der Waals surface area contributed by atoms with Gasteiger partial charge in [-0.3, -0.25) is 4.98 Å². The molecular formula is C18H14N4O2. The molecule has 2 aromatic heterocycles. The zero-order valence-electron chi connectivity index (χ0n) is 13.0. The zero-order valence-corrected chi connectivity index (χ0v) is 13.0. The van der Waals surface area contributed by atoms with E-state index in [4.69, 9.17) is 14.5 Å². The summed E-state index contributed by atoms with van der Waals surface area (Å²) in [5, 5.41) is 12.5. The van der Waals surface area contributed by atoms with Gasteiger partial charge in [0.25, 0.3) is 0 Å². The minimum atomic E-state index is 0.266. The van der Waals surface area contributed by atoms with Crippen molar-refractivity contribution in [2.75, 3.05) is 0 Å². The lowest BCUT2D eigenvalue weighted by Gasteiger charge is -2.03. The number of benzene rings is 1. The first-order valence-corrected chi connectivity index (χ1v) is 7.29. The maximum atomic E-state index is 8.75. The molecule has 24 heavy (non-hydrogen) atoms. The number of rotatable bonds is 5. The summed E-state index contributed by atoms with van der Waals surface area (Å²) in [4.78, 5) is 8.27. The molecule has 118 valence electrons. The van der Waals surface area contributed by atoms with Crippen LogP contribution in [-0.4, -0.2) is 15.1 Å². The number of aromatic nitrogens is 3. The van der Waals surface area contributed by atoms with Crippen LogP contribution in [0.4, 0.5) is 0 Å². The van der Waals surface area contributed by atoms with E-state index >= 15 is 0 Å². The Kier molecular flexibility index (Phi) is 4.63. The molecule has 0 aliphatic heterocycles. The minimum absolute atomic E-state index is 0.266. The Morgan fingerprint density at radius 1 is 1.17 bits per heavy atom. The number of pyridine rings is 1. The van der Waals surface area contributed by atoms with E-state index in [1.165, 1.54) is 0 Å². The Labute approximate surface area is 139 Å². The van der Waals surface area contributed by atoms with Crippen LogP contribution in [0.3, 0.4) is 0 Å². The first-order chi connectivity index (χ1) is 11.7. The molecule has 0 atom stereocenters. The van der Waals surface area contributed by atoms with Crippen LogP contribution < -0.4 is 4.74 Å². The van der Waals surface area contributed by atoms with Crippen molar-refractivity contribution >= 4 is 12.2 Å². The second-order valence-electron chi connectivity index (χ2n) is 5.00. The quantitative estimate of drug-likeness (QED) is 0.717. The fourth-order valence-corrected chi connectivity index (χ4v) is 1.97. The zero-order chi connectivity index (χ0) is 16.8. The lowest BCUT2D eigenvalue weighted by atomic mass is 10.2. The van der Waals surface area contributed by atoms with Gasteiger partial charge in [-0.05, 0) is 35.9 Å². The van der Waals surface area contributed by atoms with E-state index in [1.54, 1.807) is 25.3 Å². The van der Waals surface area contributed by atoms with Crippen LogP contribution >= 0.6 is 0 Å². The van der Waals surface area contributed by atoms with Gasteiger partial charge < -0.3 is 9.26 Å². The number of hydrogen-bond acceptors (Lipinski definition) is 6. The van der Waals surface area contributed by atoms with E-state index in [2.05, 4.69) is 15.1 Å². The molecule has 0 N–H and O–H groups in total. The lowest BCUT2D eigenvalue weighted by Crippen LogP contribution is -1.97. The summed E-state index contributed by atoms with van der Waals surface area (Å²) in [6.07, 6.45) is 5.39. The van der Waals surface area contributed by atoms with Gasteiger partial charge in [0, 0.05) is 13.1 Å². The Bertz CT molecular complexity index is 875. The van der Waals surface area contributed by atoms with Crippen molar-refractivity contribution in [3.8, 4) is 11.8 Å². The minimum Gasteiger partial charge on any atom is -0.485 e. The Hall–Kier alpha value is -3.46. The van der Waals surface area contributed by atoms with E-state index in [-0.39, 0.29) is 6.61 Å². The summed E-state index contributed by atoms with van der Waals surface area (Å²) in [7, 11) is 0. The molecule has 0 saturated carbocycles. The topological polar surface area (TPSA) is 84.8 Å². The summed E-state index contributed by atoms with van der Waals surface area (Å²) in [5.74, 6) is 1.76. The maximum Gasteiger partial charge on any atom is 0.223 e. The molecule has 3 rings (SSSR count). The molecule has 0 saturated heterocycles. The van der Waals surface area contributed by atoms with Gasteiger partial charge in [0.05, 0.1) is 11.3 Å². The molecule has 0 unspecified atom stereocenters. The van der Waals surface area contributed by atoms with Gasteiger partial charge in [-0.15, -0.1) is 0 Å². The van der Waals surface area contributed by atoms with Gasteiger partial charge >= 0.3 is 0 Å². The fourth-order valence-electron chi connectivity index (χ4n) is 1.97. The third-order valence-electron chi connectivity index (χ3n) is 3.18. The molecule has 0 aliphatic carbocycles. The Balaban J connectivity index is 1.59. The predicted molar refractivity (Wildman–Crippen MR) is 87.7 cm³/mol. The van der Waals surface area contributed by atoms with E-state index in [1.807, 2.05) is 42.5 Å². The highest BCUT2D eigenvalue weighted by atomic mass is 16.5. The van der Waals surface area contributed by atoms with Crippen LogP contribution in [0.15, 0.2) is 47.1 Å². The van der Waals surface area contributed by atoms with Crippen molar-refractivity contribution in [2.24, 2.45) is 0 Å². The molecular weight excluding hydrogens is 304 g/mol. The third kappa shape index (κ3) is 4.05. The molecule has 2 heterocycles. The lowest BCUT2D eigenvalue weighted by molar-refractivity contribution is 0.285. The van der Waals surface area contributed by atoms with E-state index in [9.17, 15) is 0 Å². The Morgan fingerprint density at radius 3 is 2.62 bits per heavy atom. The van der Waals surface area contributed by atoms with E-state index in [0.717, 1.165) is 17.0 Å². The average molecular weight is 318 g/mol. The van der Waals surface area contributed by atoms with Crippen LogP contribution in [0.1, 0.15) is 28.5 Å². The summed E-state index contributed by atoms with van der Waals surface area (Å²) in [6, 6.07) is 13.2. The second-order valence-corrected chi connectivity index (χ2v) is 5.00. The normalized spacial score (nSPS) is 10.7. The van der Waals surface area contributed by atoms with Gasteiger partial charge in [0.2, 0.25) is 11.7 Å². The summed E-state index contributed by atoms with van der Waals surface area (Å²) in [6.45, 7) is 2.00. The number of hydrogen-bond donors (Lipinski definition) is 0. The molecule has 0 fully saturated rings. The fraction of sp³-hybridized carbons (Fsp3) is 0.111. The first kappa shape index (κ1) is 15.4. The first-order valence-electron chi connectivity index (χ1n) is 7.29. The molecule has 1 aromatic carbocycles. The molecule has 0 amide bonds. The molecule has 0 aliphatic rings. The highest BCUT2D eigenvalue weighted by Crippen LogP contribution is 2.15. The summed E-state index contributed by atoms with van der Waals surface area (Å²) >= 11 is 0. The second kappa shape index (κ2) is 7.20. The van der Waals surface area contributed by atoms with E-state index in [0.29, 0.717) is 17.3 Å². The maximum absolute atomic E-state index is 8.75. The highest BCUT2D eigenvalue weighted by molar-refractivity contribution is 5.68. The monoisotopic (exact) mass is 318 g/mol. The molecule has 6 nitrogen and oxygen atoms in total. The van der Waals surface area contributed by atoms with Crippen molar-refractivity contribution in [1.82, 2.24) is 15.1 Å². The van der Waals surface area contributed by atoms with Crippen molar-refractivity contribution in [2.45, 2.75) is 13.5 Å². The number of nitrogens with zero attached hydrogens (tertiary/aromatic N) is 4. The number of aryl methyl sites for hydroxylation is 1. The molecule has 0 radical (unpaired) electrons. The van der Waals surface area contributed by atoms with Gasteiger partial charge in [-0.2, -0.15) is 10.2 Å². The van der Waals surface area contributed by atoms with Crippen LogP contribution in [0.25, 0.3) is 12.2 Å². The van der Waals surface area contributed by atoms with Gasteiger partial charge in [0.1, 0.15) is 11.8 Å². The third-order valence-corrected chi connectivity index (χ3v) is 3.18. The van der Waals surface area contributed by atoms with Gasteiger partial charge in [0.15, 0.2) is 6.61 Å². The highest BCUT2D eigenvalue weighted by Gasteiger charge is 2.03. The SMILES string of the molecule is Cc1nc(COc2ccc(C=Cc3ccc(C#N)cn3)cc2)no1. The van der Waals surface area contributed by atoms with Gasteiger partial charge in [-0.1, -0.05) is 23.4 Å². The average Bonchev–Trinajstić information content (AvgIpc) is 3.05. The molecule has 6 heteroatoms. The number of nitriles is 1. The van der Waals surface area contributed by atoms with Crippen LogP contribution in [0.2, 0.25) is 0 Å². The largest absolute Gasteiger partial charge is 0.485 e. The summed E-state index contributed by atoms with van der Waals surface area (Å²) in [5.41, 5.74) is 2.36. The van der Waals surface area contributed by atoms with Crippen molar-refractivity contribution in [3.05, 3.63) is 71.1 Å². The van der Waals surface area contributed by atoms with Crippen LogP contribution in [0.5, 0.6) is 5.75 Å². The van der Waals surface area contributed by atoms with Crippen molar-refractivity contribution in [1.29, 1.82) is 5.26 Å². The standard InChI is InChI=1S/C18H14N4O2/c1-13-21-18(22-24-13)12-23-17-8-4-14(5-9-17)2-6-16-7-3-15(10-19)11-20-16/h2-9,11H,12H2,1H3. The Morgan fingerprint density at radius 2 is 2.00 bits per heavy atom. The van der Waals surface area contributed by atoms with Crippen molar-refractivity contribution in [3.63, 3.8) is 0 Å².